The molecule has 0 saturated heterocycles. The molecule has 4 rings (SSSR count). The van der Waals surface area contributed by atoms with Gasteiger partial charge in [0.2, 0.25) is 11.8 Å². The Balaban J connectivity index is 1.47. The Morgan fingerprint density at radius 1 is 1.00 bits per heavy atom. The predicted octanol–water partition coefficient (Wildman–Crippen LogP) is 1.53. The van der Waals surface area contributed by atoms with Gasteiger partial charge in [0.1, 0.15) is 0 Å². The van der Waals surface area contributed by atoms with E-state index in [9.17, 15) is 9.59 Å². The Kier molecular flexibility index (Phi) is 4.95. The van der Waals surface area contributed by atoms with E-state index in [1.54, 1.807) is 4.90 Å². The highest BCUT2D eigenvalue weighted by Gasteiger charge is 2.51. The van der Waals surface area contributed by atoms with Crippen molar-refractivity contribution in [2.75, 3.05) is 26.7 Å². The van der Waals surface area contributed by atoms with E-state index in [1.165, 1.54) is 38.5 Å². The number of hydrogen-bond donors (Lipinski definition) is 2. The maximum atomic E-state index is 12.4. The molecule has 0 radical (unpaired) electrons. The zero-order valence-corrected chi connectivity index (χ0v) is 14.6. The summed E-state index contributed by atoms with van der Waals surface area (Å²) in [5.41, 5.74) is 0.0666. The van der Waals surface area contributed by atoms with Crippen molar-refractivity contribution in [2.24, 2.45) is 17.8 Å². The lowest BCUT2D eigenvalue weighted by Gasteiger charge is -2.57. The molecule has 4 aliphatic carbocycles. The Bertz CT molecular complexity index is 428. The second kappa shape index (κ2) is 6.80. The van der Waals surface area contributed by atoms with E-state index in [0.29, 0.717) is 13.1 Å². The van der Waals surface area contributed by atoms with Gasteiger partial charge in [-0.3, -0.25) is 14.5 Å². The number of nitrogens with one attached hydrogen (secondary N) is 2. The van der Waals surface area contributed by atoms with Gasteiger partial charge in [-0.05, 0) is 69.7 Å². The van der Waals surface area contributed by atoms with Crippen LogP contribution in [0.25, 0.3) is 0 Å². The van der Waals surface area contributed by atoms with Gasteiger partial charge in [-0.1, -0.05) is 6.92 Å². The van der Waals surface area contributed by atoms with Crippen molar-refractivity contribution in [3.05, 3.63) is 0 Å². The van der Waals surface area contributed by atoms with Crippen LogP contribution in [0, 0.1) is 17.8 Å². The molecule has 0 aromatic heterocycles. The summed E-state index contributed by atoms with van der Waals surface area (Å²) in [6.07, 6.45) is 8.59. The molecule has 0 heterocycles. The highest BCUT2D eigenvalue weighted by Crippen LogP contribution is 2.55. The van der Waals surface area contributed by atoms with Crippen molar-refractivity contribution in [1.82, 2.24) is 15.5 Å². The number of rotatable bonds is 7. The second-order valence-electron chi connectivity index (χ2n) is 8.27. The van der Waals surface area contributed by atoms with Crippen molar-refractivity contribution in [1.29, 1.82) is 0 Å². The van der Waals surface area contributed by atoms with Crippen LogP contribution in [-0.4, -0.2) is 48.9 Å². The van der Waals surface area contributed by atoms with E-state index >= 15 is 0 Å². The van der Waals surface area contributed by atoms with Crippen LogP contribution < -0.4 is 10.6 Å². The molecule has 5 heteroatoms. The molecule has 0 unspecified atom stereocenters. The average Bonchev–Trinajstić information content (AvgIpc) is 2.42. The van der Waals surface area contributed by atoms with Crippen LogP contribution >= 0.6 is 0 Å². The maximum absolute atomic E-state index is 12.4. The SMILES string of the molecule is CCCNC(=O)CN(C)CC(=O)NC12CC3CC(CC(C3)C1)C2. The second-order valence-corrected chi connectivity index (χ2v) is 8.27. The highest BCUT2D eigenvalue weighted by atomic mass is 16.2. The van der Waals surface area contributed by atoms with E-state index in [1.807, 2.05) is 14.0 Å². The van der Waals surface area contributed by atoms with E-state index in [-0.39, 0.29) is 23.9 Å². The first-order valence-corrected chi connectivity index (χ1v) is 9.24. The summed E-state index contributed by atoms with van der Waals surface area (Å²) < 4.78 is 0. The first-order valence-electron chi connectivity index (χ1n) is 9.24. The third kappa shape index (κ3) is 4.06. The third-order valence-corrected chi connectivity index (χ3v) is 5.84. The summed E-state index contributed by atoms with van der Waals surface area (Å²) in [6.45, 7) is 3.32. The number of carbonyl (C=O) groups is 2. The Labute approximate surface area is 139 Å². The lowest BCUT2D eigenvalue weighted by molar-refractivity contribution is -0.128. The molecule has 23 heavy (non-hydrogen) atoms. The molecular weight excluding hydrogens is 290 g/mol. The van der Waals surface area contributed by atoms with Gasteiger partial charge in [0, 0.05) is 12.1 Å². The summed E-state index contributed by atoms with van der Waals surface area (Å²) in [4.78, 5) is 26.0. The fourth-order valence-corrected chi connectivity index (χ4v) is 5.47. The molecule has 0 aromatic carbocycles. The molecule has 0 aromatic rings. The number of nitrogens with zero attached hydrogens (tertiary/aromatic N) is 1. The number of amides is 2. The van der Waals surface area contributed by atoms with Crippen LogP contribution in [-0.2, 0) is 9.59 Å². The van der Waals surface area contributed by atoms with Crippen LogP contribution in [0.2, 0.25) is 0 Å². The van der Waals surface area contributed by atoms with Crippen molar-refractivity contribution in [3.63, 3.8) is 0 Å². The van der Waals surface area contributed by atoms with Crippen LogP contribution in [0.3, 0.4) is 0 Å². The first kappa shape index (κ1) is 16.7. The summed E-state index contributed by atoms with van der Waals surface area (Å²) in [5.74, 6) is 2.58. The number of likely N-dealkylation sites (N-methyl/N-ethyl adjacent to an activating group) is 1. The summed E-state index contributed by atoms with van der Waals surface area (Å²) in [6, 6.07) is 0. The van der Waals surface area contributed by atoms with Gasteiger partial charge < -0.3 is 10.6 Å². The molecule has 0 spiro atoms. The number of carbonyl (C=O) groups excluding carboxylic acids is 2. The minimum Gasteiger partial charge on any atom is -0.355 e. The van der Waals surface area contributed by atoms with Crippen molar-refractivity contribution < 1.29 is 9.59 Å². The number of hydrogen-bond acceptors (Lipinski definition) is 3. The van der Waals surface area contributed by atoms with Crippen LogP contribution in [0.15, 0.2) is 0 Å². The van der Waals surface area contributed by atoms with Crippen molar-refractivity contribution in [3.8, 4) is 0 Å². The van der Waals surface area contributed by atoms with E-state index in [4.69, 9.17) is 0 Å². The van der Waals surface area contributed by atoms with E-state index in [2.05, 4.69) is 10.6 Å². The first-order chi connectivity index (χ1) is 11.0. The fraction of sp³-hybridized carbons (Fsp3) is 0.889. The van der Waals surface area contributed by atoms with Crippen LogP contribution in [0.5, 0.6) is 0 Å². The Morgan fingerprint density at radius 2 is 1.52 bits per heavy atom. The molecule has 4 bridgehead atoms. The zero-order chi connectivity index (χ0) is 16.4. The predicted molar refractivity (Wildman–Crippen MR) is 89.8 cm³/mol. The van der Waals surface area contributed by atoms with Crippen molar-refractivity contribution >= 4 is 11.8 Å². The molecule has 0 atom stereocenters. The van der Waals surface area contributed by atoms with Gasteiger partial charge in [-0.25, -0.2) is 0 Å². The van der Waals surface area contributed by atoms with Gasteiger partial charge in [0.05, 0.1) is 13.1 Å². The normalized spacial score (nSPS) is 34.7. The lowest BCUT2D eigenvalue weighted by atomic mass is 9.53. The van der Waals surface area contributed by atoms with Gasteiger partial charge in [-0.2, -0.15) is 0 Å². The summed E-state index contributed by atoms with van der Waals surface area (Å²) in [5, 5.41) is 6.21. The minimum absolute atomic E-state index is 0.00282. The quantitative estimate of drug-likeness (QED) is 0.747. The largest absolute Gasteiger partial charge is 0.355 e. The van der Waals surface area contributed by atoms with Gasteiger partial charge in [-0.15, -0.1) is 0 Å². The smallest absolute Gasteiger partial charge is 0.234 e. The molecule has 2 amide bonds. The third-order valence-electron chi connectivity index (χ3n) is 5.84. The van der Waals surface area contributed by atoms with Crippen LogP contribution in [0.4, 0.5) is 0 Å². The highest BCUT2D eigenvalue weighted by molar-refractivity contribution is 5.81. The standard InChI is InChI=1S/C18H31N3O2/c1-3-4-19-16(22)11-21(2)12-17(23)20-18-8-13-5-14(9-18)7-15(6-13)10-18/h13-15H,3-12H2,1-2H3,(H,19,22)(H,20,23). The average molecular weight is 321 g/mol. The van der Waals surface area contributed by atoms with E-state index < -0.39 is 0 Å². The molecule has 4 aliphatic rings. The molecule has 130 valence electrons. The van der Waals surface area contributed by atoms with E-state index in [0.717, 1.165) is 24.2 Å². The molecule has 2 N–H and O–H groups in total. The fourth-order valence-electron chi connectivity index (χ4n) is 5.47. The molecule has 4 fully saturated rings. The molecule has 0 aliphatic heterocycles. The lowest BCUT2D eigenvalue weighted by Crippen LogP contribution is -2.61. The summed E-state index contributed by atoms with van der Waals surface area (Å²) >= 11 is 0. The molecule has 4 saturated carbocycles. The summed E-state index contributed by atoms with van der Waals surface area (Å²) in [7, 11) is 1.84. The monoisotopic (exact) mass is 321 g/mol. The molecular formula is C18H31N3O2. The zero-order valence-electron chi connectivity index (χ0n) is 14.6. The van der Waals surface area contributed by atoms with Gasteiger partial charge >= 0.3 is 0 Å². The van der Waals surface area contributed by atoms with Crippen molar-refractivity contribution in [2.45, 2.75) is 57.4 Å². The topological polar surface area (TPSA) is 61.4 Å². The molecule has 5 nitrogen and oxygen atoms in total. The Morgan fingerprint density at radius 3 is 2.04 bits per heavy atom. The maximum Gasteiger partial charge on any atom is 0.234 e. The van der Waals surface area contributed by atoms with Gasteiger partial charge in [0.25, 0.3) is 0 Å². The van der Waals surface area contributed by atoms with Gasteiger partial charge in [0.15, 0.2) is 0 Å². The Hall–Kier alpha value is -1.10. The van der Waals surface area contributed by atoms with Crippen LogP contribution in [0.1, 0.15) is 51.9 Å². The minimum atomic E-state index is -0.00282.